The number of benzene rings is 1. The van der Waals surface area contributed by atoms with Crippen molar-refractivity contribution in [1.82, 2.24) is 0 Å². The number of carbonyl (C=O) groups is 1. The van der Waals surface area contributed by atoms with E-state index in [1.807, 2.05) is 0 Å². The number of halogens is 4. The van der Waals surface area contributed by atoms with Gasteiger partial charge in [0.2, 0.25) is 0 Å². The zero-order valence-electron chi connectivity index (χ0n) is 10.3. The third-order valence-electron chi connectivity index (χ3n) is 2.66. The van der Waals surface area contributed by atoms with Gasteiger partial charge in [0.25, 0.3) is 0 Å². The smallest absolute Gasteiger partial charge is 0.418 e. The van der Waals surface area contributed by atoms with E-state index in [0.717, 1.165) is 17.4 Å². The Balaban J connectivity index is 2.41. The van der Waals surface area contributed by atoms with Gasteiger partial charge in [0, 0.05) is 15.0 Å². The molecule has 0 saturated heterocycles. The molecule has 0 saturated carbocycles. The first-order chi connectivity index (χ1) is 9.79. The maximum atomic E-state index is 13.0. The van der Waals surface area contributed by atoms with E-state index in [1.165, 1.54) is 12.1 Å². The van der Waals surface area contributed by atoms with Gasteiger partial charge in [-0.3, -0.25) is 0 Å². The summed E-state index contributed by atoms with van der Waals surface area (Å²) in [7, 11) is 0. The molecule has 1 aromatic carbocycles. The molecule has 1 heterocycles. The summed E-state index contributed by atoms with van der Waals surface area (Å²) in [5.41, 5.74) is -1.19. The van der Waals surface area contributed by atoms with Crippen molar-refractivity contribution in [2.75, 3.05) is 5.32 Å². The summed E-state index contributed by atoms with van der Waals surface area (Å²) in [5, 5.41) is 13.3. The Labute approximate surface area is 130 Å². The molecule has 0 fully saturated rings. The summed E-state index contributed by atoms with van der Waals surface area (Å²) < 4.78 is 39.3. The number of thiophene rings is 1. The van der Waals surface area contributed by atoms with Gasteiger partial charge >= 0.3 is 12.1 Å². The van der Waals surface area contributed by atoms with E-state index in [1.54, 1.807) is 17.5 Å². The van der Waals surface area contributed by atoms with E-state index >= 15 is 0 Å². The van der Waals surface area contributed by atoms with Gasteiger partial charge in [-0.15, -0.1) is 11.3 Å². The highest BCUT2D eigenvalue weighted by atomic mass is 79.9. The van der Waals surface area contributed by atoms with Gasteiger partial charge in [-0.2, -0.15) is 13.2 Å². The predicted molar refractivity (Wildman–Crippen MR) is 77.5 cm³/mol. The van der Waals surface area contributed by atoms with Crippen LogP contribution in [-0.2, 0) is 11.0 Å². The van der Waals surface area contributed by atoms with Crippen molar-refractivity contribution in [3.63, 3.8) is 0 Å². The lowest BCUT2D eigenvalue weighted by Gasteiger charge is -2.19. The number of aliphatic carboxylic acids is 1. The maximum absolute atomic E-state index is 13.0. The van der Waals surface area contributed by atoms with Crippen LogP contribution in [0.15, 0.2) is 40.2 Å². The fraction of sp³-hybridized carbons (Fsp3) is 0.154. The summed E-state index contributed by atoms with van der Waals surface area (Å²) in [6.07, 6.45) is -4.57. The average Bonchev–Trinajstić information content (AvgIpc) is 2.87. The predicted octanol–water partition coefficient (Wildman–Crippen LogP) is 4.77. The minimum atomic E-state index is -4.57. The number of rotatable bonds is 4. The van der Waals surface area contributed by atoms with E-state index < -0.39 is 23.8 Å². The van der Waals surface area contributed by atoms with Gasteiger partial charge < -0.3 is 10.4 Å². The van der Waals surface area contributed by atoms with Crippen molar-refractivity contribution in [2.24, 2.45) is 0 Å². The van der Waals surface area contributed by atoms with Gasteiger partial charge in [0.15, 0.2) is 6.04 Å². The molecule has 0 spiro atoms. The zero-order chi connectivity index (χ0) is 15.6. The Hall–Kier alpha value is -1.54. The molecule has 1 unspecified atom stereocenters. The van der Waals surface area contributed by atoms with Gasteiger partial charge in [0.05, 0.1) is 5.56 Å². The minimum Gasteiger partial charge on any atom is -0.479 e. The Kier molecular flexibility index (Phi) is 4.58. The summed E-state index contributed by atoms with van der Waals surface area (Å²) in [5.74, 6) is -1.24. The molecule has 112 valence electrons. The van der Waals surface area contributed by atoms with Crippen LogP contribution >= 0.6 is 27.3 Å². The minimum absolute atomic E-state index is 0.280. The topological polar surface area (TPSA) is 49.3 Å². The van der Waals surface area contributed by atoms with Crippen LogP contribution in [0.3, 0.4) is 0 Å². The molecule has 8 heteroatoms. The molecule has 2 N–H and O–H groups in total. The largest absolute Gasteiger partial charge is 0.479 e. The highest BCUT2D eigenvalue weighted by Crippen LogP contribution is 2.38. The fourth-order valence-corrected chi connectivity index (χ4v) is 2.88. The number of hydrogen-bond donors (Lipinski definition) is 2. The van der Waals surface area contributed by atoms with Crippen molar-refractivity contribution in [3.05, 3.63) is 50.6 Å². The SMILES string of the molecule is O=C(O)C(Nc1cc(Br)ccc1C(F)(F)F)c1cccs1. The van der Waals surface area contributed by atoms with Crippen LogP contribution in [0.2, 0.25) is 0 Å². The molecule has 1 aromatic heterocycles. The molecule has 1 atom stereocenters. The average molecular weight is 380 g/mol. The van der Waals surface area contributed by atoms with E-state index in [0.29, 0.717) is 9.35 Å². The number of carboxylic acid groups (broad SMARTS) is 1. The quantitative estimate of drug-likeness (QED) is 0.804. The first-order valence-electron chi connectivity index (χ1n) is 5.68. The van der Waals surface area contributed by atoms with Crippen LogP contribution in [0, 0.1) is 0 Å². The highest BCUT2D eigenvalue weighted by molar-refractivity contribution is 9.10. The van der Waals surface area contributed by atoms with Crippen molar-refractivity contribution in [3.8, 4) is 0 Å². The van der Waals surface area contributed by atoms with Gasteiger partial charge in [0.1, 0.15) is 0 Å². The molecule has 0 aliphatic rings. The molecule has 2 aromatic rings. The summed E-state index contributed by atoms with van der Waals surface area (Å²) >= 11 is 4.25. The summed E-state index contributed by atoms with van der Waals surface area (Å²) in [6.45, 7) is 0. The van der Waals surface area contributed by atoms with Crippen LogP contribution < -0.4 is 5.32 Å². The lowest BCUT2D eigenvalue weighted by atomic mass is 10.1. The Morgan fingerprint density at radius 3 is 2.57 bits per heavy atom. The number of carboxylic acids is 1. The van der Waals surface area contributed by atoms with Crippen molar-refractivity contribution >= 4 is 38.9 Å². The number of alkyl halides is 3. The van der Waals surface area contributed by atoms with Crippen LogP contribution in [0.1, 0.15) is 16.5 Å². The maximum Gasteiger partial charge on any atom is 0.418 e. The van der Waals surface area contributed by atoms with Crippen LogP contribution in [0.4, 0.5) is 18.9 Å². The van der Waals surface area contributed by atoms with E-state index in [9.17, 15) is 23.1 Å². The lowest BCUT2D eigenvalue weighted by Crippen LogP contribution is -2.21. The molecule has 2 rings (SSSR count). The second-order valence-corrected chi connectivity index (χ2v) is 6.01. The lowest BCUT2D eigenvalue weighted by molar-refractivity contribution is -0.139. The zero-order valence-corrected chi connectivity index (χ0v) is 12.7. The monoisotopic (exact) mass is 379 g/mol. The summed E-state index contributed by atoms with van der Waals surface area (Å²) in [6, 6.07) is 5.34. The van der Waals surface area contributed by atoms with E-state index in [4.69, 9.17) is 0 Å². The first-order valence-corrected chi connectivity index (χ1v) is 7.36. The van der Waals surface area contributed by atoms with Crippen molar-refractivity contribution in [2.45, 2.75) is 12.2 Å². The molecule has 21 heavy (non-hydrogen) atoms. The summed E-state index contributed by atoms with van der Waals surface area (Å²) in [4.78, 5) is 11.7. The van der Waals surface area contributed by atoms with Crippen LogP contribution in [0.25, 0.3) is 0 Å². The molecule has 3 nitrogen and oxygen atoms in total. The van der Waals surface area contributed by atoms with E-state index in [2.05, 4.69) is 21.2 Å². The second-order valence-electron chi connectivity index (χ2n) is 4.12. The number of anilines is 1. The van der Waals surface area contributed by atoms with Crippen molar-refractivity contribution in [1.29, 1.82) is 0 Å². The molecule has 0 bridgehead atoms. The Bertz CT molecular complexity index is 643. The molecule has 0 aliphatic heterocycles. The Morgan fingerprint density at radius 2 is 2.05 bits per heavy atom. The van der Waals surface area contributed by atoms with Crippen LogP contribution in [0.5, 0.6) is 0 Å². The highest BCUT2D eigenvalue weighted by Gasteiger charge is 2.35. The number of hydrogen-bond acceptors (Lipinski definition) is 3. The van der Waals surface area contributed by atoms with Crippen molar-refractivity contribution < 1.29 is 23.1 Å². The third-order valence-corrected chi connectivity index (χ3v) is 4.09. The second kappa shape index (κ2) is 6.07. The van der Waals surface area contributed by atoms with Gasteiger partial charge in [-0.25, -0.2) is 4.79 Å². The van der Waals surface area contributed by atoms with Crippen LogP contribution in [-0.4, -0.2) is 11.1 Å². The molecular weight excluding hydrogens is 371 g/mol. The number of nitrogens with one attached hydrogen (secondary N) is 1. The first kappa shape index (κ1) is 15.8. The normalized spacial score (nSPS) is 13.0. The molecule has 0 amide bonds. The molecule has 0 aliphatic carbocycles. The van der Waals surface area contributed by atoms with E-state index in [-0.39, 0.29) is 5.69 Å². The standard InChI is InChI=1S/C13H9BrF3NO2S/c14-7-3-4-8(13(15,16)17)9(6-7)18-11(12(19)20)10-2-1-5-21-10/h1-6,11,18H,(H,19,20). The van der Waals surface area contributed by atoms with Gasteiger partial charge in [-0.1, -0.05) is 22.0 Å². The molecule has 0 radical (unpaired) electrons. The van der Waals surface area contributed by atoms with Gasteiger partial charge in [-0.05, 0) is 29.6 Å². The third kappa shape index (κ3) is 3.76. The Morgan fingerprint density at radius 1 is 1.33 bits per heavy atom. The molecular formula is C13H9BrF3NO2S. The fourth-order valence-electron chi connectivity index (χ4n) is 1.75.